The molecule has 2 aliphatic carbocycles. The molecule has 0 radical (unpaired) electrons. The van der Waals surface area contributed by atoms with Gasteiger partial charge in [-0.05, 0) is 47.9 Å². The lowest BCUT2D eigenvalue weighted by molar-refractivity contribution is 0.0419. The van der Waals surface area contributed by atoms with Gasteiger partial charge in [-0.25, -0.2) is 0 Å². The van der Waals surface area contributed by atoms with Crippen molar-refractivity contribution in [2.75, 3.05) is 13.2 Å². The molecule has 0 N–H and O–H groups in total. The van der Waals surface area contributed by atoms with Crippen LogP contribution >= 0.6 is 0 Å². The molecule has 0 aliphatic heterocycles. The number of unbranched alkanes of at least 4 members (excludes halogenated alkanes) is 5. The zero-order valence-electron chi connectivity index (χ0n) is 18.8. The van der Waals surface area contributed by atoms with E-state index in [4.69, 9.17) is 9.47 Å². The fraction of sp³-hybridized carbons (Fsp3) is 0.571. The number of fused-ring (bicyclic) bond motifs is 2. The Bertz CT molecular complexity index is 731. The van der Waals surface area contributed by atoms with Crippen molar-refractivity contribution >= 4 is 0 Å². The van der Waals surface area contributed by atoms with Crippen molar-refractivity contribution in [3.63, 3.8) is 0 Å². The van der Waals surface area contributed by atoms with Gasteiger partial charge in [0, 0.05) is 25.0 Å². The highest BCUT2D eigenvalue weighted by atomic mass is 16.5. The Morgan fingerprint density at radius 2 is 1.00 bits per heavy atom. The molecule has 0 saturated carbocycles. The van der Waals surface area contributed by atoms with E-state index in [0.717, 1.165) is 26.1 Å². The van der Waals surface area contributed by atoms with Crippen LogP contribution in [-0.4, -0.2) is 25.4 Å². The number of ether oxygens (including phenoxy) is 2. The van der Waals surface area contributed by atoms with Crippen molar-refractivity contribution in [3.05, 3.63) is 70.8 Å². The van der Waals surface area contributed by atoms with Gasteiger partial charge in [-0.1, -0.05) is 88.1 Å². The zero-order chi connectivity index (χ0) is 20.8. The lowest BCUT2D eigenvalue weighted by Crippen LogP contribution is -2.17. The summed E-state index contributed by atoms with van der Waals surface area (Å²) in [5.74, 6) is 1.08. The second-order valence-electron chi connectivity index (χ2n) is 9.32. The van der Waals surface area contributed by atoms with Crippen LogP contribution in [0.3, 0.4) is 0 Å². The van der Waals surface area contributed by atoms with Gasteiger partial charge in [0.25, 0.3) is 0 Å². The Morgan fingerprint density at radius 1 is 0.600 bits per heavy atom. The molecular weight excluding hydrogens is 368 g/mol. The van der Waals surface area contributed by atoms with E-state index in [1.54, 1.807) is 0 Å². The third-order valence-electron chi connectivity index (χ3n) is 7.25. The number of hydrogen-bond donors (Lipinski definition) is 0. The van der Waals surface area contributed by atoms with E-state index in [9.17, 15) is 0 Å². The molecule has 0 bridgehead atoms. The molecule has 0 heterocycles. The van der Waals surface area contributed by atoms with Crippen molar-refractivity contribution in [1.82, 2.24) is 0 Å². The molecule has 2 aliphatic rings. The first kappa shape index (κ1) is 21.6. The highest BCUT2D eigenvalue weighted by Crippen LogP contribution is 2.35. The Labute approximate surface area is 183 Å². The van der Waals surface area contributed by atoms with E-state index < -0.39 is 0 Å². The summed E-state index contributed by atoms with van der Waals surface area (Å²) < 4.78 is 12.4. The first-order valence-corrected chi connectivity index (χ1v) is 12.1. The standard InChI is InChI=1S/C28H38O2/c1-21-25-15-9-7-13-23(25)19-27(21)29-17-11-5-3-4-6-12-18-30-28-20-24-14-8-10-16-26(24)22(28)2/h7-10,13-16,21-22,27-28H,3-6,11-12,17-20H2,1-2H3/t21-,22-,27+,28+/m0/s1. The van der Waals surface area contributed by atoms with Crippen LogP contribution in [0, 0.1) is 0 Å². The molecule has 0 aromatic heterocycles. The summed E-state index contributed by atoms with van der Waals surface area (Å²) in [6, 6.07) is 17.6. The fourth-order valence-electron chi connectivity index (χ4n) is 5.30. The van der Waals surface area contributed by atoms with Crippen LogP contribution in [0.4, 0.5) is 0 Å². The average Bonchev–Trinajstić information content (AvgIpc) is 3.26. The van der Waals surface area contributed by atoms with Gasteiger partial charge >= 0.3 is 0 Å². The molecule has 2 nitrogen and oxygen atoms in total. The Hall–Kier alpha value is -1.64. The maximum atomic E-state index is 6.22. The second kappa shape index (κ2) is 10.6. The first-order valence-electron chi connectivity index (χ1n) is 12.1. The number of hydrogen-bond acceptors (Lipinski definition) is 2. The average molecular weight is 407 g/mol. The molecule has 4 rings (SSSR count). The summed E-state index contributed by atoms with van der Waals surface area (Å²) in [5.41, 5.74) is 5.93. The molecule has 2 heteroatoms. The number of rotatable bonds is 11. The molecule has 0 unspecified atom stereocenters. The van der Waals surface area contributed by atoms with E-state index in [1.807, 2.05) is 0 Å². The highest BCUT2D eigenvalue weighted by molar-refractivity contribution is 5.37. The normalized spacial score (nSPS) is 24.7. The maximum absolute atomic E-state index is 6.22. The van der Waals surface area contributed by atoms with Crippen LogP contribution in [0.1, 0.15) is 86.5 Å². The van der Waals surface area contributed by atoms with Gasteiger partial charge in [0.15, 0.2) is 0 Å². The lowest BCUT2D eigenvalue weighted by Gasteiger charge is -2.17. The topological polar surface area (TPSA) is 18.5 Å². The van der Waals surface area contributed by atoms with Crippen LogP contribution in [0.5, 0.6) is 0 Å². The minimum Gasteiger partial charge on any atom is -0.377 e. The predicted octanol–water partition coefficient (Wildman–Crippen LogP) is 6.82. The van der Waals surface area contributed by atoms with Crippen LogP contribution in [-0.2, 0) is 22.3 Å². The summed E-state index contributed by atoms with van der Waals surface area (Å²) >= 11 is 0. The quantitative estimate of drug-likeness (QED) is 0.381. The van der Waals surface area contributed by atoms with Gasteiger partial charge in [-0.2, -0.15) is 0 Å². The zero-order valence-corrected chi connectivity index (χ0v) is 18.8. The van der Waals surface area contributed by atoms with Crippen LogP contribution in [0.2, 0.25) is 0 Å². The SMILES string of the molecule is C[C@H]1c2ccccc2C[C@H]1OCCCCCCCCO[C@@H]1Cc2ccccc2[C@@H]1C. The smallest absolute Gasteiger partial charge is 0.0681 e. The van der Waals surface area contributed by atoms with E-state index in [1.165, 1.54) is 60.8 Å². The van der Waals surface area contributed by atoms with Crippen molar-refractivity contribution in [2.45, 2.75) is 89.3 Å². The van der Waals surface area contributed by atoms with Crippen molar-refractivity contribution in [1.29, 1.82) is 0 Å². The summed E-state index contributed by atoms with van der Waals surface area (Å²) in [6.45, 7) is 6.44. The van der Waals surface area contributed by atoms with E-state index >= 15 is 0 Å². The molecule has 2 aromatic rings. The molecule has 0 saturated heterocycles. The largest absolute Gasteiger partial charge is 0.377 e. The summed E-state index contributed by atoms with van der Waals surface area (Å²) in [4.78, 5) is 0. The van der Waals surface area contributed by atoms with Gasteiger partial charge in [-0.3, -0.25) is 0 Å². The molecule has 0 spiro atoms. The van der Waals surface area contributed by atoms with E-state index in [0.29, 0.717) is 24.0 Å². The Kier molecular flexibility index (Phi) is 7.62. The van der Waals surface area contributed by atoms with Gasteiger partial charge in [0.1, 0.15) is 0 Å². The fourth-order valence-corrected chi connectivity index (χ4v) is 5.30. The maximum Gasteiger partial charge on any atom is 0.0681 e. The molecule has 0 fully saturated rings. The van der Waals surface area contributed by atoms with Crippen molar-refractivity contribution < 1.29 is 9.47 Å². The van der Waals surface area contributed by atoms with Crippen LogP contribution in [0.25, 0.3) is 0 Å². The monoisotopic (exact) mass is 406 g/mol. The van der Waals surface area contributed by atoms with Crippen molar-refractivity contribution in [2.24, 2.45) is 0 Å². The molecule has 30 heavy (non-hydrogen) atoms. The molecule has 2 aromatic carbocycles. The third-order valence-corrected chi connectivity index (χ3v) is 7.25. The van der Waals surface area contributed by atoms with E-state index in [-0.39, 0.29) is 0 Å². The van der Waals surface area contributed by atoms with Gasteiger partial charge in [0.2, 0.25) is 0 Å². The second-order valence-corrected chi connectivity index (χ2v) is 9.32. The molecule has 162 valence electrons. The van der Waals surface area contributed by atoms with Gasteiger partial charge in [0.05, 0.1) is 12.2 Å². The van der Waals surface area contributed by atoms with E-state index in [2.05, 4.69) is 62.4 Å². The summed E-state index contributed by atoms with van der Waals surface area (Å²) in [6.07, 6.45) is 10.5. The minimum absolute atomic E-state index is 0.378. The summed E-state index contributed by atoms with van der Waals surface area (Å²) in [5, 5.41) is 0. The molecule has 0 amide bonds. The highest BCUT2D eigenvalue weighted by Gasteiger charge is 2.30. The number of benzene rings is 2. The Balaban J connectivity index is 1.00. The minimum atomic E-state index is 0.378. The first-order chi connectivity index (χ1) is 14.7. The Morgan fingerprint density at radius 3 is 1.43 bits per heavy atom. The third kappa shape index (κ3) is 5.15. The predicted molar refractivity (Wildman–Crippen MR) is 124 cm³/mol. The van der Waals surface area contributed by atoms with Crippen molar-refractivity contribution in [3.8, 4) is 0 Å². The van der Waals surface area contributed by atoms with Crippen LogP contribution in [0.15, 0.2) is 48.5 Å². The van der Waals surface area contributed by atoms with Gasteiger partial charge in [-0.15, -0.1) is 0 Å². The van der Waals surface area contributed by atoms with Gasteiger partial charge < -0.3 is 9.47 Å². The van der Waals surface area contributed by atoms with Crippen LogP contribution < -0.4 is 0 Å². The summed E-state index contributed by atoms with van der Waals surface area (Å²) in [7, 11) is 0. The molecule has 4 atom stereocenters. The molecular formula is C28H38O2. The lowest BCUT2D eigenvalue weighted by atomic mass is 10.0.